The molecule has 0 bridgehead atoms. The van der Waals surface area contributed by atoms with Gasteiger partial charge in [0, 0.05) is 6.07 Å². The molecule has 0 aliphatic carbocycles. The highest BCUT2D eigenvalue weighted by Crippen LogP contribution is 2.30. The highest BCUT2D eigenvalue weighted by atomic mass is 32.2. The normalized spacial score (nSPS) is 11.3. The topological polar surface area (TPSA) is 52.6 Å². The van der Waals surface area contributed by atoms with Crippen LogP contribution in [0.3, 0.4) is 0 Å². The van der Waals surface area contributed by atoms with Gasteiger partial charge in [-0.15, -0.1) is 0 Å². The molecule has 0 radical (unpaired) electrons. The minimum atomic E-state index is -4.04. The van der Waals surface area contributed by atoms with Crippen molar-refractivity contribution in [1.82, 2.24) is 0 Å². The number of benzene rings is 1. The molecule has 4 nitrogen and oxygen atoms in total. The van der Waals surface area contributed by atoms with Gasteiger partial charge in [-0.25, -0.2) is 4.39 Å². The van der Waals surface area contributed by atoms with E-state index in [1.54, 1.807) is 0 Å². The Bertz CT molecular complexity index is 513. The third-order valence-electron chi connectivity index (χ3n) is 1.54. The van der Waals surface area contributed by atoms with Crippen LogP contribution in [0.15, 0.2) is 6.07 Å². The fraction of sp³-hybridized carbons (Fsp3) is 0.250. The summed E-state index contributed by atoms with van der Waals surface area (Å²) in [7, 11) is -3.03. The first-order valence-electron chi connectivity index (χ1n) is 3.87. The first-order chi connectivity index (χ1) is 7.26. The number of methoxy groups -OCH3 is 1. The van der Waals surface area contributed by atoms with Gasteiger partial charge in [0.25, 0.3) is 0 Å². The van der Waals surface area contributed by atoms with Crippen molar-refractivity contribution >= 4 is 10.1 Å². The zero-order chi connectivity index (χ0) is 12.5. The Hall–Kier alpha value is -1.44. The number of ether oxygens (including phenoxy) is 1. The summed E-state index contributed by atoms with van der Waals surface area (Å²) in [5.74, 6) is -6.77. The van der Waals surface area contributed by atoms with Gasteiger partial charge >= 0.3 is 10.1 Å². The molecule has 0 heterocycles. The van der Waals surface area contributed by atoms with E-state index in [1.165, 1.54) is 0 Å². The van der Waals surface area contributed by atoms with E-state index < -0.39 is 39.1 Å². The molecule has 16 heavy (non-hydrogen) atoms. The second-order valence-corrected chi connectivity index (χ2v) is 4.38. The molecule has 0 aromatic heterocycles. The molecule has 0 unspecified atom stereocenters. The third-order valence-corrected chi connectivity index (χ3v) is 2.02. The van der Waals surface area contributed by atoms with Crippen LogP contribution in [0.1, 0.15) is 0 Å². The summed E-state index contributed by atoms with van der Waals surface area (Å²) in [6.45, 7) is 0. The van der Waals surface area contributed by atoms with E-state index in [4.69, 9.17) is 0 Å². The van der Waals surface area contributed by atoms with Crippen LogP contribution in [0.5, 0.6) is 11.5 Å². The number of halogens is 3. The van der Waals surface area contributed by atoms with Crippen LogP contribution in [0.4, 0.5) is 13.2 Å². The monoisotopic (exact) mass is 256 g/mol. The highest BCUT2D eigenvalue weighted by Gasteiger charge is 2.22. The molecule has 0 N–H and O–H groups in total. The summed E-state index contributed by atoms with van der Waals surface area (Å²) in [5.41, 5.74) is 0. The predicted molar refractivity (Wildman–Crippen MR) is 48.3 cm³/mol. The molecule has 1 aromatic rings. The molecule has 0 aliphatic rings. The SMILES string of the molecule is COc1cc(OS(C)(=O)=O)c(F)c(F)c1F. The first-order valence-corrected chi connectivity index (χ1v) is 5.69. The van der Waals surface area contributed by atoms with Gasteiger partial charge in [-0.3, -0.25) is 0 Å². The fourth-order valence-electron chi connectivity index (χ4n) is 0.931. The lowest BCUT2D eigenvalue weighted by Crippen LogP contribution is -2.09. The fourth-order valence-corrected chi connectivity index (χ4v) is 1.38. The van der Waals surface area contributed by atoms with E-state index >= 15 is 0 Å². The molecule has 0 amide bonds. The molecule has 1 aromatic carbocycles. The van der Waals surface area contributed by atoms with E-state index in [9.17, 15) is 21.6 Å². The molecule has 0 saturated carbocycles. The minimum Gasteiger partial charge on any atom is -0.493 e. The van der Waals surface area contributed by atoms with Crippen LogP contribution >= 0.6 is 0 Å². The summed E-state index contributed by atoms with van der Waals surface area (Å²) < 4.78 is 68.8. The highest BCUT2D eigenvalue weighted by molar-refractivity contribution is 7.86. The van der Waals surface area contributed by atoms with Crippen LogP contribution in [0.2, 0.25) is 0 Å². The van der Waals surface area contributed by atoms with E-state index in [2.05, 4.69) is 8.92 Å². The molecule has 8 heteroatoms. The molecular formula is C8H7F3O4S. The van der Waals surface area contributed by atoms with Gasteiger partial charge in [0.05, 0.1) is 13.4 Å². The second kappa shape index (κ2) is 4.20. The standard InChI is InChI=1S/C8H7F3O4S/c1-14-4-3-5(15-16(2,12)13)7(10)8(11)6(4)9/h3H,1-2H3. The zero-order valence-electron chi connectivity index (χ0n) is 8.25. The van der Waals surface area contributed by atoms with Crippen molar-refractivity contribution in [2.24, 2.45) is 0 Å². The molecule has 0 spiro atoms. The maximum absolute atomic E-state index is 13.0. The van der Waals surface area contributed by atoms with Gasteiger partial charge in [-0.1, -0.05) is 0 Å². The van der Waals surface area contributed by atoms with Crippen LogP contribution < -0.4 is 8.92 Å². The predicted octanol–water partition coefficient (Wildman–Crippen LogP) is 1.45. The Morgan fingerprint density at radius 3 is 2.00 bits per heavy atom. The lowest BCUT2D eigenvalue weighted by molar-refractivity contribution is 0.351. The molecule has 1 rings (SSSR count). The first kappa shape index (κ1) is 12.6. The van der Waals surface area contributed by atoms with Crippen molar-refractivity contribution in [3.63, 3.8) is 0 Å². The van der Waals surface area contributed by atoms with Gasteiger partial charge in [-0.2, -0.15) is 17.2 Å². The lowest BCUT2D eigenvalue weighted by Gasteiger charge is -2.08. The molecule has 90 valence electrons. The van der Waals surface area contributed by atoms with E-state index in [1.807, 2.05) is 0 Å². The Morgan fingerprint density at radius 2 is 1.56 bits per heavy atom. The molecule has 0 saturated heterocycles. The third kappa shape index (κ3) is 2.57. The zero-order valence-corrected chi connectivity index (χ0v) is 9.07. The summed E-state index contributed by atoms with van der Waals surface area (Å²) in [6.07, 6.45) is 0.639. The van der Waals surface area contributed by atoms with Crippen molar-refractivity contribution in [2.75, 3.05) is 13.4 Å². The summed E-state index contributed by atoms with van der Waals surface area (Å²) in [5, 5.41) is 0. The van der Waals surface area contributed by atoms with Gasteiger partial charge in [-0.05, 0) is 0 Å². The summed E-state index contributed by atoms with van der Waals surface area (Å²) in [6, 6.07) is 0.606. The van der Waals surface area contributed by atoms with Gasteiger partial charge < -0.3 is 8.92 Å². The smallest absolute Gasteiger partial charge is 0.306 e. The molecule has 0 fully saturated rings. The van der Waals surface area contributed by atoms with Crippen LogP contribution in [0, 0.1) is 17.5 Å². The van der Waals surface area contributed by atoms with Crippen molar-refractivity contribution in [2.45, 2.75) is 0 Å². The van der Waals surface area contributed by atoms with Crippen LogP contribution in [-0.4, -0.2) is 21.8 Å². The Morgan fingerprint density at radius 1 is 1.06 bits per heavy atom. The second-order valence-electron chi connectivity index (χ2n) is 2.81. The molecule has 0 aliphatic heterocycles. The number of hydrogen-bond donors (Lipinski definition) is 0. The quantitative estimate of drug-likeness (QED) is 0.606. The largest absolute Gasteiger partial charge is 0.493 e. The Kier molecular flexibility index (Phi) is 3.32. The maximum Gasteiger partial charge on any atom is 0.306 e. The maximum atomic E-state index is 13.0. The molecule has 0 atom stereocenters. The molecular weight excluding hydrogens is 249 g/mol. The van der Waals surface area contributed by atoms with Gasteiger partial charge in [0.15, 0.2) is 11.5 Å². The van der Waals surface area contributed by atoms with Crippen LogP contribution in [-0.2, 0) is 10.1 Å². The van der Waals surface area contributed by atoms with E-state index in [0.29, 0.717) is 12.3 Å². The van der Waals surface area contributed by atoms with Crippen molar-refractivity contribution in [1.29, 1.82) is 0 Å². The van der Waals surface area contributed by atoms with Crippen molar-refractivity contribution < 1.29 is 30.5 Å². The van der Waals surface area contributed by atoms with E-state index in [0.717, 1.165) is 7.11 Å². The Labute approximate surface area is 89.7 Å². The Balaban J connectivity index is 3.36. The minimum absolute atomic E-state index is 0.606. The number of hydrogen-bond acceptors (Lipinski definition) is 4. The van der Waals surface area contributed by atoms with Gasteiger partial charge in [0.1, 0.15) is 0 Å². The van der Waals surface area contributed by atoms with E-state index in [-0.39, 0.29) is 0 Å². The van der Waals surface area contributed by atoms with Crippen LogP contribution in [0.25, 0.3) is 0 Å². The average molecular weight is 256 g/mol. The van der Waals surface area contributed by atoms with Crippen molar-refractivity contribution in [3.05, 3.63) is 23.5 Å². The lowest BCUT2D eigenvalue weighted by atomic mass is 10.3. The summed E-state index contributed by atoms with van der Waals surface area (Å²) in [4.78, 5) is 0. The summed E-state index contributed by atoms with van der Waals surface area (Å²) >= 11 is 0. The number of rotatable bonds is 3. The van der Waals surface area contributed by atoms with Gasteiger partial charge in [0.2, 0.25) is 17.5 Å². The average Bonchev–Trinajstić information content (AvgIpc) is 2.17. The van der Waals surface area contributed by atoms with Crippen molar-refractivity contribution in [3.8, 4) is 11.5 Å².